The van der Waals surface area contributed by atoms with Gasteiger partial charge in [-0.15, -0.1) is 22.7 Å². The molecule has 0 N–H and O–H groups in total. The molecule has 10 rings (SSSR count). The van der Waals surface area contributed by atoms with Crippen LogP contribution in [0.3, 0.4) is 0 Å². The van der Waals surface area contributed by atoms with Crippen molar-refractivity contribution < 1.29 is 0 Å². The van der Waals surface area contributed by atoms with Gasteiger partial charge in [0.05, 0.1) is 10.2 Å². The van der Waals surface area contributed by atoms with Crippen LogP contribution in [0.1, 0.15) is 0 Å². The largest absolute Gasteiger partial charge is 0.311 e. The van der Waals surface area contributed by atoms with E-state index in [1.807, 2.05) is 11.3 Å². The molecule has 2 aromatic heterocycles. The molecule has 0 atom stereocenters. The van der Waals surface area contributed by atoms with Gasteiger partial charge in [-0.1, -0.05) is 133 Å². The van der Waals surface area contributed by atoms with Crippen LogP contribution in [0.25, 0.3) is 74.3 Å². The lowest BCUT2D eigenvalue weighted by Gasteiger charge is -2.26. The lowest BCUT2D eigenvalue weighted by Crippen LogP contribution is -2.09. The van der Waals surface area contributed by atoms with E-state index in [1.165, 1.54) is 63.8 Å². The van der Waals surface area contributed by atoms with E-state index in [0.717, 1.165) is 27.6 Å². The fraction of sp³-hybridized carbons (Fsp3) is 0. The minimum atomic E-state index is 1.07. The quantitative estimate of drug-likeness (QED) is 0.164. The Kier molecular flexibility index (Phi) is 7.90. The summed E-state index contributed by atoms with van der Waals surface area (Å²) in [6.07, 6.45) is 0. The Labute approximate surface area is 316 Å². The van der Waals surface area contributed by atoms with Crippen LogP contribution in [0.5, 0.6) is 0 Å². The van der Waals surface area contributed by atoms with E-state index in [2.05, 4.69) is 199 Å². The predicted molar refractivity (Wildman–Crippen MR) is 229 cm³/mol. The van der Waals surface area contributed by atoms with Crippen LogP contribution in [-0.4, -0.2) is 4.98 Å². The van der Waals surface area contributed by atoms with Gasteiger partial charge in [-0.05, 0) is 94.0 Å². The molecule has 0 fully saturated rings. The zero-order valence-electron chi connectivity index (χ0n) is 28.7. The highest BCUT2D eigenvalue weighted by atomic mass is 32.1. The average molecular weight is 713 g/mol. The topological polar surface area (TPSA) is 16.1 Å². The van der Waals surface area contributed by atoms with Crippen molar-refractivity contribution in [2.45, 2.75) is 0 Å². The molecular formula is C49H32N2S2. The highest BCUT2D eigenvalue weighted by molar-refractivity contribution is 7.28. The number of nitrogens with zero attached hydrogens (tertiary/aromatic N) is 2. The number of anilines is 3. The summed E-state index contributed by atoms with van der Waals surface area (Å²) < 4.78 is 3.86. The Hall–Kier alpha value is -6.33. The summed E-state index contributed by atoms with van der Waals surface area (Å²) in [5.74, 6) is 0. The van der Waals surface area contributed by atoms with E-state index in [1.54, 1.807) is 11.3 Å². The number of hydrogen-bond donors (Lipinski definition) is 0. The van der Waals surface area contributed by atoms with E-state index in [0.29, 0.717) is 0 Å². The molecule has 0 bridgehead atoms. The number of thiophene rings is 1. The van der Waals surface area contributed by atoms with Crippen molar-refractivity contribution in [1.29, 1.82) is 0 Å². The van der Waals surface area contributed by atoms with Gasteiger partial charge in [0.2, 0.25) is 0 Å². The van der Waals surface area contributed by atoms with Gasteiger partial charge < -0.3 is 4.90 Å². The van der Waals surface area contributed by atoms with Gasteiger partial charge in [0, 0.05) is 42.8 Å². The second-order valence-corrected chi connectivity index (χ2v) is 15.3. The van der Waals surface area contributed by atoms with Crippen molar-refractivity contribution in [3.63, 3.8) is 0 Å². The summed E-state index contributed by atoms with van der Waals surface area (Å²) in [6, 6.07) is 69.6. The van der Waals surface area contributed by atoms with Crippen LogP contribution >= 0.6 is 22.7 Å². The van der Waals surface area contributed by atoms with E-state index < -0.39 is 0 Å². The molecular weight excluding hydrogens is 681 g/mol. The zero-order valence-corrected chi connectivity index (χ0v) is 30.3. The fourth-order valence-corrected chi connectivity index (χ4v) is 9.62. The normalized spacial score (nSPS) is 11.4. The summed E-state index contributed by atoms with van der Waals surface area (Å²) in [4.78, 5) is 7.33. The molecule has 0 radical (unpaired) electrons. The maximum atomic E-state index is 5.00. The highest BCUT2D eigenvalue weighted by Crippen LogP contribution is 2.44. The van der Waals surface area contributed by atoms with Gasteiger partial charge in [-0.25, -0.2) is 4.98 Å². The number of fused-ring (bicyclic) bond motifs is 5. The van der Waals surface area contributed by atoms with Crippen molar-refractivity contribution in [1.82, 2.24) is 4.98 Å². The van der Waals surface area contributed by atoms with Crippen LogP contribution in [0.4, 0.5) is 17.1 Å². The molecule has 0 saturated heterocycles. The van der Waals surface area contributed by atoms with Crippen molar-refractivity contribution >= 4 is 70.1 Å². The molecule has 0 amide bonds. The molecule has 250 valence electrons. The third-order valence-corrected chi connectivity index (χ3v) is 12.2. The molecule has 0 aliphatic rings. The van der Waals surface area contributed by atoms with E-state index >= 15 is 0 Å². The Morgan fingerprint density at radius 2 is 0.868 bits per heavy atom. The molecule has 0 aliphatic heterocycles. The third-order valence-electron chi connectivity index (χ3n) is 9.91. The number of benzene rings is 8. The van der Waals surface area contributed by atoms with E-state index in [-0.39, 0.29) is 0 Å². The van der Waals surface area contributed by atoms with Gasteiger partial charge in [-0.2, -0.15) is 0 Å². The molecule has 4 heteroatoms. The van der Waals surface area contributed by atoms with Gasteiger partial charge in [0.25, 0.3) is 0 Å². The van der Waals surface area contributed by atoms with E-state index in [4.69, 9.17) is 4.98 Å². The Morgan fingerprint density at radius 3 is 1.51 bits per heavy atom. The first kappa shape index (κ1) is 31.4. The van der Waals surface area contributed by atoms with Crippen molar-refractivity contribution in [2.24, 2.45) is 0 Å². The smallest absolute Gasteiger partial charge is 0.124 e. The van der Waals surface area contributed by atoms with Crippen molar-refractivity contribution in [2.75, 3.05) is 4.90 Å². The molecule has 2 nitrogen and oxygen atoms in total. The number of rotatable bonds is 7. The summed E-state index contributed by atoms with van der Waals surface area (Å²) in [7, 11) is 0. The van der Waals surface area contributed by atoms with Crippen LogP contribution in [-0.2, 0) is 0 Å². The van der Waals surface area contributed by atoms with Crippen LogP contribution in [0.2, 0.25) is 0 Å². The summed E-state index contributed by atoms with van der Waals surface area (Å²) in [6.45, 7) is 0. The second-order valence-electron chi connectivity index (χ2n) is 13.2. The van der Waals surface area contributed by atoms with Crippen molar-refractivity contribution in [3.8, 4) is 44.0 Å². The summed E-state index contributed by atoms with van der Waals surface area (Å²) in [5, 5.41) is 3.68. The molecule has 2 heterocycles. The third kappa shape index (κ3) is 5.88. The predicted octanol–water partition coefficient (Wildman–Crippen LogP) is 14.8. The van der Waals surface area contributed by atoms with E-state index in [9.17, 15) is 0 Å². The van der Waals surface area contributed by atoms with Gasteiger partial charge >= 0.3 is 0 Å². The SMILES string of the molecule is c1ccc(-c2cccc(-c3ccc(N(c4ccccc4)c4ccc(-c5ccc6c(c5)sc5ccc7nc(-c8ccccc8)sc7c56)cc4)cc3)c2)cc1. The average Bonchev–Trinajstić information content (AvgIpc) is 3.84. The first-order chi connectivity index (χ1) is 26.2. The summed E-state index contributed by atoms with van der Waals surface area (Å²) >= 11 is 3.65. The number of para-hydroxylation sites is 1. The number of hydrogen-bond acceptors (Lipinski definition) is 4. The minimum Gasteiger partial charge on any atom is -0.311 e. The Morgan fingerprint density at radius 1 is 0.358 bits per heavy atom. The number of thiazole rings is 1. The first-order valence-electron chi connectivity index (χ1n) is 17.8. The Bertz CT molecular complexity index is 2860. The van der Waals surface area contributed by atoms with Gasteiger partial charge in [-0.3, -0.25) is 0 Å². The molecule has 0 saturated carbocycles. The molecule has 0 unspecified atom stereocenters. The lowest BCUT2D eigenvalue weighted by molar-refractivity contribution is 1.28. The van der Waals surface area contributed by atoms with Crippen LogP contribution < -0.4 is 4.90 Å². The fourth-order valence-electron chi connectivity index (χ4n) is 7.27. The molecule has 8 aromatic carbocycles. The molecule has 10 aromatic rings. The highest BCUT2D eigenvalue weighted by Gasteiger charge is 2.16. The first-order valence-corrected chi connectivity index (χ1v) is 19.4. The second kappa shape index (κ2) is 13.3. The summed E-state index contributed by atoms with van der Waals surface area (Å²) in [5.41, 5.74) is 12.8. The lowest BCUT2D eigenvalue weighted by atomic mass is 9.99. The van der Waals surface area contributed by atoms with Crippen LogP contribution in [0, 0.1) is 0 Å². The van der Waals surface area contributed by atoms with Crippen molar-refractivity contribution in [3.05, 3.63) is 194 Å². The molecule has 0 aliphatic carbocycles. The van der Waals surface area contributed by atoms with Crippen LogP contribution in [0.15, 0.2) is 194 Å². The zero-order chi connectivity index (χ0) is 35.1. The number of aromatic nitrogens is 1. The van der Waals surface area contributed by atoms with Gasteiger partial charge in [0.15, 0.2) is 0 Å². The molecule has 0 spiro atoms. The molecule has 53 heavy (non-hydrogen) atoms. The Balaban J connectivity index is 0.970. The van der Waals surface area contributed by atoms with Gasteiger partial charge in [0.1, 0.15) is 5.01 Å². The monoisotopic (exact) mass is 712 g/mol. The maximum Gasteiger partial charge on any atom is 0.124 e. The minimum absolute atomic E-state index is 1.07. The standard InChI is InChI=1S/C49H32N2S2/c1-4-11-33(12-5-1)37-15-10-16-38(31-37)34-19-24-41(25-20-34)51(40-17-8-3-9-18-40)42-26-21-35(22-27-42)39-23-28-43-46(32-39)52-45-30-29-44-48(47(43)45)53-49(50-44)36-13-6-2-7-14-36/h1-32H. The maximum absolute atomic E-state index is 5.00.